The lowest BCUT2D eigenvalue weighted by Gasteiger charge is -2.12. The standard InChI is InChI=1S/C19H22FO2P/c1-6-12(3)13(4)15(7-2)10-19(14(5)21)22-18-9-8-16(23)11-17(18)20/h6-11H,4,23H2,1-3,5H3/b12-6-,15-7-,19-10+. The van der Waals surface area contributed by atoms with E-state index in [1.807, 2.05) is 32.9 Å². The molecule has 4 heteroatoms. The zero-order valence-corrected chi connectivity index (χ0v) is 15.1. The number of ketones is 1. The quantitative estimate of drug-likeness (QED) is 0.328. The van der Waals surface area contributed by atoms with Crippen molar-refractivity contribution in [2.24, 2.45) is 0 Å². The number of benzene rings is 1. The van der Waals surface area contributed by atoms with Crippen LogP contribution in [-0.2, 0) is 4.79 Å². The number of allylic oxidation sites excluding steroid dienone is 7. The number of Topliss-reactive ketones (excluding diaryl/α,β-unsaturated/α-hetero) is 1. The molecule has 0 aliphatic rings. The van der Waals surface area contributed by atoms with Crippen LogP contribution >= 0.6 is 9.24 Å². The summed E-state index contributed by atoms with van der Waals surface area (Å²) in [6.45, 7) is 11.1. The second-order valence-corrected chi connectivity index (χ2v) is 5.72. The van der Waals surface area contributed by atoms with Gasteiger partial charge in [-0.05, 0) is 61.0 Å². The average molecular weight is 332 g/mol. The number of halogens is 1. The van der Waals surface area contributed by atoms with E-state index in [1.165, 1.54) is 19.1 Å². The summed E-state index contributed by atoms with van der Waals surface area (Å²) in [6.07, 6.45) is 5.36. The molecule has 0 saturated heterocycles. The Kier molecular flexibility index (Phi) is 7.12. The van der Waals surface area contributed by atoms with E-state index in [9.17, 15) is 9.18 Å². The van der Waals surface area contributed by atoms with Crippen LogP contribution in [0.1, 0.15) is 27.7 Å². The van der Waals surface area contributed by atoms with E-state index in [0.717, 1.165) is 16.7 Å². The van der Waals surface area contributed by atoms with E-state index in [4.69, 9.17) is 4.74 Å². The van der Waals surface area contributed by atoms with Gasteiger partial charge in [0.05, 0.1) is 0 Å². The van der Waals surface area contributed by atoms with Crippen LogP contribution in [0.2, 0.25) is 0 Å². The fourth-order valence-corrected chi connectivity index (χ4v) is 2.05. The molecule has 1 atom stereocenters. The van der Waals surface area contributed by atoms with Gasteiger partial charge in [0.15, 0.2) is 23.1 Å². The molecule has 23 heavy (non-hydrogen) atoms. The van der Waals surface area contributed by atoms with Gasteiger partial charge in [0, 0.05) is 6.92 Å². The molecule has 0 aromatic heterocycles. The van der Waals surface area contributed by atoms with Gasteiger partial charge in [-0.3, -0.25) is 4.79 Å². The third kappa shape index (κ3) is 5.30. The molecule has 122 valence electrons. The number of hydrogen-bond donors (Lipinski definition) is 0. The summed E-state index contributed by atoms with van der Waals surface area (Å²) in [7, 11) is 2.41. The monoisotopic (exact) mass is 332 g/mol. The van der Waals surface area contributed by atoms with Crippen LogP contribution in [0.3, 0.4) is 0 Å². The Morgan fingerprint density at radius 2 is 1.91 bits per heavy atom. The van der Waals surface area contributed by atoms with Crippen molar-refractivity contribution in [2.45, 2.75) is 27.7 Å². The van der Waals surface area contributed by atoms with E-state index in [1.54, 1.807) is 12.1 Å². The lowest BCUT2D eigenvalue weighted by atomic mass is 9.99. The van der Waals surface area contributed by atoms with Gasteiger partial charge >= 0.3 is 0 Å². The highest BCUT2D eigenvalue weighted by Crippen LogP contribution is 2.23. The van der Waals surface area contributed by atoms with Crippen molar-refractivity contribution in [3.05, 3.63) is 71.3 Å². The molecule has 0 saturated carbocycles. The van der Waals surface area contributed by atoms with Crippen LogP contribution in [0.15, 0.2) is 65.5 Å². The summed E-state index contributed by atoms with van der Waals surface area (Å²) >= 11 is 0. The number of ether oxygens (including phenoxy) is 1. The predicted molar refractivity (Wildman–Crippen MR) is 97.5 cm³/mol. The van der Waals surface area contributed by atoms with Gasteiger partial charge in [-0.15, -0.1) is 9.24 Å². The Morgan fingerprint density at radius 1 is 1.26 bits per heavy atom. The summed E-state index contributed by atoms with van der Waals surface area (Å²) in [4.78, 5) is 11.8. The van der Waals surface area contributed by atoms with Crippen molar-refractivity contribution in [3.63, 3.8) is 0 Å². The molecule has 1 unspecified atom stereocenters. The van der Waals surface area contributed by atoms with Gasteiger partial charge in [0.2, 0.25) is 0 Å². The van der Waals surface area contributed by atoms with E-state index in [0.29, 0.717) is 5.30 Å². The Hall–Kier alpha value is -1.99. The normalized spacial score (nSPS) is 13.0. The first-order valence-electron chi connectivity index (χ1n) is 7.24. The van der Waals surface area contributed by atoms with Crippen molar-refractivity contribution < 1.29 is 13.9 Å². The first kappa shape index (κ1) is 19.1. The SMILES string of the molecule is C=C(/C(C)=C\C)C(=C\C)/C=C(/Oc1ccc(P)cc1F)C(C)=O. The van der Waals surface area contributed by atoms with Crippen molar-refractivity contribution in [1.82, 2.24) is 0 Å². The van der Waals surface area contributed by atoms with Crippen molar-refractivity contribution >= 4 is 20.3 Å². The lowest BCUT2D eigenvalue weighted by molar-refractivity contribution is -0.115. The summed E-state index contributed by atoms with van der Waals surface area (Å²) in [5.41, 5.74) is 2.54. The Bertz CT molecular complexity index is 712. The van der Waals surface area contributed by atoms with Crippen LogP contribution < -0.4 is 10.0 Å². The summed E-state index contributed by atoms with van der Waals surface area (Å²) in [5, 5.41) is 0.703. The molecule has 0 aliphatic carbocycles. The van der Waals surface area contributed by atoms with Crippen LogP contribution in [0.5, 0.6) is 5.75 Å². The highest BCUT2D eigenvalue weighted by molar-refractivity contribution is 7.27. The average Bonchev–Trinajstić information content (AvgIpc) is 2.51. The van der Waals surface area contributed by atoms with Crippen LogP contribution in [-0.4, -0.2) is 5.78 Å². The van der Waals surface area contributed by atoms with Crippen LogP contribution in [0.25, 0.3) is 0 Å². The molecule has 0 aliphatic heterocycles. The fourth-order valence-electron chi connectivity index (χ4n) is 1.81. The molecule has 1 aromatic carbocycles. The molecule has 0 radical (unpaired) electrons. The van der Waals surface area contributed by atoms with Crippen molar-refractivity contribution in [3.8, 4) is 5.75 Å². The van der Waals surface area contributed by atoms with Crippen LogP contribution in [0.4, 0.5) is 4.39 Å². The van der Waals surface area contributed by atoms with E-state index < -0.39 is 5.82 Å². The molecule has 0 bridgehead atoms. The molecule has 1 rings (SSSR count). The second kappa shape index (κ2) is 8.59. The third-order valence-electron chi connectivity index (χ3n) is 3.38. The Morgan fingerprint density at radius 3 is 2.39 bits per heavy atom. The minimum atomic E-state index is -0.518. The smallest absolute Gasteiger partial charge is 0.194 e. The molecule has 0 spiro atoms. The maximum Gasteiger partial charge on any atom is 0.194 e. The molecule has 0 N–H and O–H groups in total. The molecule has 1 aromatic rings. The first-order chi connectivity index (χ1) is 10.8. The zero-order chi connectivity index (χ0) is 17.6. The van der Waals surface area contributed by atoms with E-state index >= 15 is 0 Å². The number of rotatable bonds is 6. The largest absolute Gasteiger partial charge is 0.451 e. The molecule has 2 nitrogen and oxygen atoms in total. The van der Waals surface area contributed by atoms with E-state index in [2.05, 4.69) is 15.8 Å². The van der Waals surface area contributed by atoms with Gasteiger partial charge in [0.1, 0.15) is 0 Å². The van der Waals surface area contributed by atoms with Crippen LogP contribution in [0, 0.1) is 5.82 Å². The lowest BCUT2D eigenvalue weighted by Crippen LogP contribution is -2.08. The van der Waals surface area contributed by atoms with Gasteiger partial charge in [0.25, 0.3) is 0 Å². The maximum absolute atomic E-state index is 13.9. The predicted octanol–water partition coefficient (Wildman–Crippen LogP) is 4.65. The molecular formula is C19H22FO2P. The summed E-state index contributed by atoms with van der Waals surface area (Å²) in [5.74, 6) is -0.722. The van der Waals surface area contributed by atoms with Gasteiger partial charge in [-0.25, -0.2) is 4.39 Å². The second-order valence-electron chi connectivity index (χ2n) is 5.05. The molecule has 0 fully saturated rings. The Labute approximate surface area is 139 Å². The van der Waals surface area contributed by atoms with Gasteiger partial charge in [-0.2, -0.15) is 0 Å². The zero-order valence-electron chi connectivity index (χ0n) is 13.9. The van der Waals surface area contributed by atoms with Crippen molar-refractivity contribution in [1.29, 1.82) is 0 Å². The van der Waals surface area contributed by atoms with Gasteiger partial charge in [-0.1, -0.05) is 24.8 Å². The highest BCUT2D eigenvalue weighted by atomic mass is 31.0. The number of carbonyl (C=O) groups excluding carboxylic acids is 1. The fraction of sp³-hybridized carbons (Fsp3) is 0.211. The molecular weight excluding hydrogens is 310 g/mol. The van der Waals surface area contributed by atoms with Crippen molar-refractivity contribution in [2.75, 3.05) is 0 Å². The molecule has 0 heterocycles. The summed E-state index contributed by atoms with van der Waals surface area (Å²) < 4.78 is 19.4. The highest BCUT2D eigenvalue weighted by Gasteiger charge is 2.13. The Balaban J connectivity index is 3.20. The van der Waals surface area contributed by atoms with E-state index in [-0.39, 0.29) is 17.3 Å². The maximum atomic E-state index is 13.9. The minimum Gasteiger partial charge on any atom is -0.451 e. The number of hydrogen-bond acceptors (Lipinski definition) is 2. The van der Waals surface area contributed by atoms with Gasteiger partial charge < -0.3 is 4.74 Å². The topological polar surface area (TPSA) is 26.3 Å². The number of carbonyl (C=O) groups is 1. The third-order valence-corrected chi connectivity index (χ3v) is 3.74. The first-order valence-corrected chi connectivity index (χ1v) is 7.82. The molecule has 0 amide bonds. The minimum absolute atomic E-state index is 0.0153. The summed E-state index contributed by atoms with van der Waals surface area (Å²) in [6, 6.07) is 4.52.